The molecule has 1 aliphatic rings. The first-order chi connectivity index (χ1) is 17.8. The summed E-state index contributed by atoms with van der Waals surface area (Å²) in [6, 6.07) is 6.68. The lowest BCUT2D eigenvalue weighted by molar-refractivity contribution is 0.0508. The molecule has 1 heterocycles. The Balaban J connectivity index is 1.35. The molecule has 3 N–H and O–H groups in total. The van der Waals surface area contributed by atoms with Crippen LogP contribution in [0.4, 0.5) is 14.9 Å². The second-order valence-electron chi connectivity index (χ2n) is 10.3. The van der Waals surface area contributed by atoms with Gasteiger partial charge in [-0.1, -0.05) is 23.2 Å². The molecule has 3 aromatic rings. The van der Waals surface area contributed by atoms with E-state index >= 15 is 0 Å². The minimum absolute atomic E-state index is 0.132. The van der Waals surface area contributed by atoms with Gasteiger partial charge in [0.25, 0.3) is 10.0 Å². The Morgan fingerprint density at radius 3 is 2.47 bits per heavy atom. The maximum atomic E-state index is 14.9. The monoisotopic (exact) mass is 585 g/mol. The van der Waals surface area contributed by atoms with E-state index in [1.54, 1.807) is 0 Å². The SMILES string of the molecule is CC(C)(C)OC(=O)NCC1CCC(Oc2ccc(S(=O)(=O)Nc3ccc(Cl)c4c(Cl)c[nH]c34)c(F)c2)CC1. The summed E-state index contributed by atoms with van der Waals surface area (Å²) >= 11 is 12.3. The average molecular weight is 587 g/mol. The van der Waals surface area contributed by atoms with Gasteiger partial charge in [-0.25, -0.2) is 17.6 Å². The summed E-state index contributed by atoms with van der Waals surface area (Å²) in [5, 5.41) is 3.97. The number of halogens is 3. The van der Waals surface area contributed by atoms with Gasteiger partial charge < -0.3 is 19.8 Å². The first-order valence-corrected chi connectivity index (χ1v) is 14.5. The summed E-state index contributed by atoms with van der Waals surface area (Å²) in [5.74, 6) is -0.381. The molecule has 12 heteroatoms. The Bertz CT molecular complexity index is 1430. The van der Waals surface area contributed by atoms with Crippen molar-refractivity contribution in [3.63, 3.8) is 0 Å². The van der Waals surface area contributed by atoms with Crippen molar-refractivity contribution in [1.82, 2.24) is 10.3 Å². The van der Waals surface area contributed by atoms with Crippen LogP contribution in [0.15, 0.2) is 41.4 Å². The number of carbonyl (C=O) groups excluding carboxylic acids is 1. The first kappa shape index (κ1) is 28.3. The van der Waals surface area contributed by atoms with Crippen LogP contribution in [-0.2, 0) is 14.8 Å². The third kappa shape index (κ3) is 6.84. The van der Waals surface area contributed by atoms with Gasteiger partial charge in [0.1, 0.15) is 22.1 Å². The van der Waals surface area contributed by atoms with Gasteiger partial charge in [-0.2, -0.15) is 0 Å². The van der Waals surface area contributed by atoms with Crippen molar-refractivity contribution in [3.8, 4) is 5.75 Å². The molecule has 8 nitrogen and oxygen atoms in total. The molecule has 2 aromatic carbocycles. The average Bonchev–Trinajstić information content (AvgIpc) is 3.22. The van der Waals surface area contributed by atoms with Crippen molar-refractivity contribution in [2.45, 2.75) is 63.1 Å². The van der Waals surface area contributed by atoms with Crippen molar-refractivity contribution < 1.29 is 27.1 Å². The van der Waals surface area contributed by atoms with Gasteiger partial charge in [0.05, 0.1) is 27.4 Å². The van der Waals surface area contributed by atoms with E-state index in [9.17, 15) is 17.6 Å². The zero-order valence-electron chi connectivity index (χ0n) is 21.2. The number of aromatic amines is 1. The molecule has 0 saturated heterocycles. The Hall–Kier alpha value is -2.69. The summed E-state index contributed by atoms with van der Waals surface area (Å²) in [5.41, 5.74) is 0.0338. The van der Waals surface area contributed by atoms with Crippen LogP contribution in [0.1, 0.15) is 46.5 Å². The van der Waals surface area contributed by atoms with E-state index in [4.69, 9.17) is 32.7 Å². The Kier molecular flexibility index (Phi) is 8.34. The summed E-state index contributed by atoms with van der Waals surface area (Å²) in [4.78, 5) is 14.2. The summed E-state index contributed by atoms with van der Waals surface area (Å²) in [6.45, 7) is 5.96. The number of sulfonamides is 1. The molecule has 0 bridgehead atoms. The number of fused-ring (bicyclic) bond motifs is 1. The van der Waals surface area contributed by atoms with Gasteiger partial charge in [0.2, 0.25) is 0 Å². The number of hydrogen-bond donors (Lipinski definition) is 3. The molecule has 0 aliphatic heterocycles. The Morgan fingerprint density at radius 2 is 1.82 bits per heavy atom. The van der Waals surface area contributed by atoms with Crippen LogP contribution < -0.4 is 14.8 Å². The highest BCUT2D eigenvalue weighted by Gasteiger charge is 2.26. The second-order valence-corrected chi connectivity index (χ2v) is 12.8. The maximum absolute atomic E-state index is 14.9. The standard InChI is InChI=1S/C26H30Cl2FN3O5S/c1-26(2,3)37-25(33)31-13-15-4-6-16(7-5-15)36-17-8-11-22(20(29)12-17)38(34,35)32-21-10-9-18(27)23-19(28)14-30-24(21)23/h8-12,14-16,30,32H,4-7,13H2,1-3H3,(H,31,33). The number of carbonyl (C=O) groups is 1. The van der Waals surface area contributed by atoms with Crippen LogP contribution in [0, 0.1) is 11.7 Å². The van der Waals surface area contributed by atoms with Gasteiger partial charge in [0, 0.05) is 24.2 Å². The number of ether oxygens (including phenoxy) is 2. The highest BCUT2D eigenvalue weighted by atomic mass is 35.5. The van der Waals surface area contributed by atoms with Gasteiger partial charge in [0.15, 0.2) is 0 Å². The third-order valence-electron chi connectivity index (χ3n) is 6.20. The van der Waals surface area contributed by atoms with Gasteiger partial charge in [-0.05, 0) is 76.6 Å². The van der Waals surface area contributed by atoms with Crippen LogP contribution in [0.2, 0.25) is 10.0 Å². The number of rotatable bonds is 7. The van der Waals surface area contributed by atoms with E-state index < -0.39 is 32.4 Å². The molecule has 0 spiro atoms. The van der Waals surface area contributed by atoms with E-state index in [1.165, 1.54) is 30.5 Å². The summed E-state index contributed by atoms with van der Waals surface area (Å²) in [6.07, 6.45) is 4.05. The molecule has 0 atom stereocenters. The molecule has 206 valence electrons. The predicted molar refractivity (Wildman–Crippen MR) is 146 cm³/mol. The van der Waals surface area contributed by atoms with E-state index in [2.05, 4.69) is 15.0 Å². The lowest BCUT2D eigenvalue weighted by atomic mass is 9.87. The Labute approximate surface area is 231 Å². The molecular weight excluding hydrogens is 556 g/mol. The van der Waals surface area contributed by atoms with Gasteiger partial charge in [-0.15, -0.1) is 0 Å². The fourth-order valence-corrected chi connectivity index (χ4v) is 6.11. The molecule has 38 heavy (non-hydrogen) atoms. The molecule has 0 unspecified atom stereocenters. The number of amides is 1. The van der Waals surface area contributed by atoms with Crippen LogP contribution >= 0.6 is 23.2 Å². The van der Waals surface area contributed by atoms with Crippen LogP contribution in [0.5, 0.6) is 5.75 Å². The molecule has 1 aromatic heterocycles. The Morgan fingerprint density at radius 1 is 1.11 bits per heavy atom. The van der Waals surface area contributed by atoms with Gasteiger partial charge >= 0.3 is 6.09 Å². The van der Waals surface area contributed by atoms with Gasteiger partial charge in [-0.3, -0.25) is 4.72 Å². The number of aromatic nitrogens is 1. The lowest BCUT2D eigenvalue weighted by Gasteiger charge is -2.29. The topological polar surface area (TPSA) is 110 Å². The van der Waals surface area contributed by atoms with Crippen molar-refractivity contribution in [2.24, 2.45) is 5.92 Å². The number of alkyl carbamates (subject to hydrolysis) is 1. The molecule has 1 amide bonds. The van der Waals surface area contributed by atoms with Crippen LogP contribution in [0.25, 0.3) is 10.9 Å². The molecular formula is C26H30Cl2FN3O5S. The highest BCUT2D eigenvalue weighted by Crippen LogP contribution is 2.36. The zero-order valence-corrected chi connectivity index (χ0v) is 23.6. The summed E-state index contributed by atoms with van der Waals surface area (Å²) in [7, 11) is -4.25. The number of hydrogen-bond acceptors (Lipinski definition) is 5. The van der Waals surface area contributed by atoms with Crippen molar-refractivity contribution >= 4 is 55.9 Å². The van der Waals surface area contributed by atoms with E-state index in [1.807, 2.05) is 20.8 Å². The zero-order chi connectivity index (χ0) is 27.7. The van der Waals surface area contributed by atoms with Crippen molar-refractivity contribution in [2.75, 3.05) is 11.3 Å². The quantitative estimate of drug-likeness (QED) is 0.280. The highest BCUT2D eigenvalue weighted by molar-refractivity contribution is 7.92. The normalized spacial score (nSPS) is 18.3. The fourth-order valence-electron chi connectivity index (χ4n) is 4.41. The summed E-state index contributed by atoms with van der Waals surface area (Å²) < 4.78 is 54.5. The smallest absolute Gasteiger partial charge is 0.407 e. The minimum Gasteiger partial charge on any atom is -0.490 e. The lowest BCUT2D eigenvalue weighted by Crippen LogP contribution is -2.37. The molecule has 4 rings (SSSR count). The number of H-pyrrole nitrogens is 1. The van der Waals surface area contributed by atoms with E-state index in [0.717, 1.165) is 31.7 Å². The molecule has 1 fully saturated rings. The first-order valence-electron chi connectivity index (χ1n) is 12.2. The number of anilines is 1. The van der Waals surface area contributed by atoms with E-state index in [0.29, 0.717) is 33.4 Å². The molecule has 1 saturated carbocycles. The predicted octanol–water partition coefficient (Wildman–Crippen LogP) is 6.88. The second kappa shape index (κ2) is 11.2. The maximum Gasteiger partial charge on any atom is 0.407 e. The van der Waals surface area contributed by atoms with Crippen molar-refractivity contribution in [3.05, 3.63) is 52.4 Å². The van der Waals surface area contributed by atoms with Crippen molar-refractivity contribution in [1.29, 1.82) is 0 Å². The van der Waals surface area contributed by atoms with Crippen LogP contribution in [-0.4, -0.2) is 37.7 Å². The fraction of sp³-hybridized carbons (Fsp3) is 0.423. The van der Waals surface area contributed by atoms with E-state index in [-0.39, 0.29) is 17.5 Å². The molecule has 0 radical (unpaired) electrons. The number of benzene rings is 2. The van der Waals surface area contributed by atoms with Crippen LogP contribution in [0.3, 0.4) is 0 Å². The minimum atomic E-state index is -4.25. The number of nitrogens with one attached hydrogen (secondary N) is 3. The molecule has 1 aliphatic carbocycles. The third-order valence-corrected chi connectivity index (χ3v) is 8.22. The largest absolute Gasteiger partial charge is 0.490 e.